The lowest BCUT2D eigenvalue weighted by atomic mass is 10.00. The molecular weight excluding hydrogens is 340 g/mol. The zero-order valence-electron chi connectivity index (χ0n) is 10.7. The first-order chi connectivity index (χ1) is 9.32. The highest BCUT2D eigenvalue weighted by Gasteiger charge is 2.47. The Labute approximate surface area is 124 Å². The molecule has 2 aliphatic rings. The maximum absolute atomic E-state index is 9.98. The Kier molecular flexibility index (Phi) is 5.38. The summed E-state index contributed by atoms with van der Waals surface area (Å²) in [7, 11) is 0. The van der Waals surface area contributed by atoms with Gasteiger partial charge in [0, 0.05) is 0 Å². The predicted molar refractivity (Wildman–Crippen MR) is 67.9 cm³/mol. The Morgan fingerprint density at radius 1 is 1.00 bits per heavy atom. The molecule has 0 aliphatic carbocycles. The summed E-state index contributed by atoms with van der Waals surface area (Å²) in [6, 6.07) is 0. The van der Waals surface area contributed by atoms with Crippen molar-refractivity contribution in [3.8, 4) is 0 Å². The molecule has 0 saturated carbocycles. The van der Waals surface area contributed by atoms with Crippen molar-refractivity contribution in [3.05, 3.63) is 0 Å². The number of halogens is 1. The van der Waals surface area contributed by atoms with Gasteiger partial charge in [0.05, 0.1) is 12.7 Å². The van der Waals surface area contributed by atoms with Crippen LogP contribution in [0.3, 0.4) is 0 Å². The van der Waals surface area contributed by atoms with Crippen molar-refractivity contribution < 1.29 is 39.7 Å². The Morgan fingerprint density at radius 2 is 1.65 bits per heavy atom. The molecule has 0 aromatic heterocycles. The van der Waals surface area contributed by atoms with Crippen molar-refractivity contribution in [2.75, 3.05) is 6.61 Å². The maximum atomic E-state index is 9.98. The van der Waals surface area contributed by atoms with Gasteiger partial charge in [-0.25, -0.2) is 0 Å². The monoisotopic (exact) mass is 358 g/mol. The zero-order chi connectivity index (χ0) is 15.0. The molecule has 0 aromatic rings. The van der Waals surface area contributed by atoms with E-state index in [0.29, 0.717) is 0 Å². The van der Waals surface area contributed by atoms with Gasteiger partial charge in [-0.2, -0.15) is 0 Å². The molecule has 8 nitrogen and oxygen atoms in total. The average molecular weight is 359 g/mol. The van der Waals surface area contributed by atoms with Crippen LogP contribution in [0.2, 0.25) is 0 Å². The van der Waals surface area contributed by atoms with E-state index in [9.17, 15) is 25.5 Å². The molecule has 2 aliphatic heterocycles. The maximum Gasteiger partial charge on any atom is 0.186 e. The molecule has 20 heavy (non-hydrogen) atoms. The fourth-order valence-electron chi connectivity index (χ4n) is 2.20. The van der Waals surface area contributed by atoms with Crippen LogP contribution in [-0.2, 0) is 14.2 Å². The standard InChI is InChI=1S/C11H19BrO8/c1-3-5(14)9(8(17)10(12)19-3)20-11-7(16)6(15)4(13)2-18-11/h3-11,13-17H,2H2,1H3/t3-,4-,5+,6+,7-,8-,9+,10?,11+/m1/s1. The van der Waals surface area contributed by atoms with Crippen molar-refractivity contribution >= 4 is 15.9 Å². The highest BCUT2D eigenvalue weighted by atomic mass is 79.9. The Morgan fingerprint density at radius 3 is 2.30 bits per heavy atom. The Hall–Kier alpha value is 0.160. The lowest BCUT2D eigenvalue weighted by Gasteiger charge is -2.43. The minimum atomic E-state index is -1.48. The summed E-state index contributed by atoms with van der Waals surface area (Å²) in [5.74, 6) is 0. The smallest absolute Gasteiger partial charge is 0.186 e. The van der Waals surface area contributed by atoms with Gasteiger partial charge in [0.2, 0.25) is 0 Å². The molecule has 9 atom stereocenters. The van der Waals surface area contributed by atoms with Gasteiger partial charge in [0.1, 0.15) is 41.6 Å². The third kappa shape index (κ3) is 3.16. The number of aliphatic hydroxyl groups is 5. The van der Waals surface area contributed by atoms with Crippen LogP contribution in [0.1, 0.15) is 6.92 Å². The summed E-state index contributed by atoms with van der Waals surface area (Å²) < 4.78 is 15.7. The van der Waals surface area contributed by atoms with Crippen LogP contribution in [0.15, 0.2) is 0 Å². The molecule has 9 heteroatoms. The predicted octanol–water partition coefficient (Wildman–Crippen LogP) is -2.33. The first-order valence-electron chi connectivity index (χ1n) is 6.30. The van der Waals surface area contributed by atoms with Crippen molar-refractivity contribution in [2.24, 2.45) is 0 Å². The van der Waals surface area contributed by atoms with Gasteiger partial charge in [-0.15, -0.1) is 0 Å². The van der Waals surface area contributed by atoms with Crippen molar-refractivity contribution in [2.45, 2.75) is 61.0 Å². The molecule has 0 spiro atoms. The largest absolute Gasteiger partial charge is 0.388 e. The molecule has 2 heterocycles. The van der Waals surface area contributed by atoms with Gasteiger partial charge in [-0.3, -0.25) is 0 Å². The van der Waals surface area contributed by atoms with Crippen molar-refractivity contribution in [3.63, 3.8) is 0 Å². The minimum Gasteiger partial charge on any atom is -0.388 e. The summed E-state index contributed by atoms with van der Waals surface area (Å²) in [5.41, 5.74) is 0. The van der Waals surface area contributed by atoms with Gasteiger partial charge in [-0.1, -0.05) is 15.9 Å². The van der Waals surface area contributed by atoms with E-state index >= 15 is 0 Å². The van der Waals surface area contributed by atoms with Crippen LogP contribution in [0.25, 0.3) is 0 Å². The van der Waals surface area contributed by atoms with E-state index < -0.39 is 54.0 Å². The lowest BCUT2D eigenvalue weighted by Crippen LogP contribution is -2.60. The summed E-state index contributed by atoms with van der Waals surface area (Å²) in [5, 5.41) is 47.9. The zero-order valence-corrected chi connectivity index (χ0v) is 12.3. The van der Waals surface area contributed by atoms with Gasteiger partial charge in [0.15, 0.2) is 6.29 Å². The van der Waals surface area contributed by atoms with Gasteiger partial charge >= 0.3 is 0 Å². The topological polar surface area (TPSA) is 129 Å². The van der Waals surface area contributed by atoms with Gasteiger partial charge in [-0.05, 0) is 6.92 Å². The normalized spacial score (nSPS) is 53.9. The van der Waals surface area contributed by atoms with E-state index in [-0.39, 0.29) is 6.61 Å². The molecule has 5 N–H and O–H groups in total. The van der Waals surface area contributed by atoms with E-state index in [0.717, 1.165) is 0 Å². The fourth-order valence-corrected chi connectivity index (χ4v) is 2.84. The number of hydrogen-bond acceptors (Lipinski definition) is 8. The van der Waals surface area contributed by atoms with E-state index in [1.165, 1.54) is 0 Å². The van der Waals surface area contributed by atoms with E-state index in [2.05, 4.69) is 15.9 Å². The first-order valence-corrected chi connectivity index (χ1v) is 7.21. The van der Waals surface area contributed by atoms with Crippen LogP contribution in [0, 0.1) is 0 Å². The Balaban J connectivity index is 2.04. The molecule has 0 amide bonds. The third-order valence-electron chi connectivity index (χ3n) is 3.51. The minimum absolute atomic E-state index is 0.217. The third-order valence-corrected chi connectivity index (χ3v) is 4.27. The second kappa shape index (κ2) is 6.51. The molecule has 0 aromatic carbocycles. The summed E-state index contributed by atoms with van der Waals surface area (Å²) in [4.78, 5) is 0. The second-order valence-corrected chi connectivity index (χ2v) is 5.93. The van der Waals surface area contributed by atoms with Gasteiger partial charge in [0.25, 0.3) is 0 Å². The first kappa shape index (κ1) is 16.5. The number of ether oxygens (including phenoxy) is 3. The van der Waals surface area contributed by atoms with Gasteiger partial charge < -0.3 is 39.7 Å². The number of hydrogen-bond donors (Lipinski definition) is 5. The fraction of sp³-hybridized carbons (Fsp3) is 1.00. The molecule has 1 unspecified atom stereocenters. The van der Waals surface area contributed by atoms with Crippen LogP contribution in [0.4, 0.5) is 0 Å². The van der Waals surface area contributed by atoms with Crippen LogP contribution < -0.4 is 0 Å². The molecule has 2 fully saturated rings. The van der Waals surface area contributed by atoms with Crippen molar-refractivity contribution in [1.29, 1.82) is 0 Å². The number of aliphatic hydroxyl groups excluding tert-OH is 5. The number of alkyl halides is 1. The highest BCUT2D eigenvalue weighted by Crippen LogP contribution is 2.29. The lowest BCUT2D eigenvalue weighted by molar-refractivity contribution is -0.315. The van der Waals surface area contributed by atoms with Crippen molar-refractivity contribution in [1.82, 2.24) is 0 Å². The molecule has 118 valence electrons. The highest BCUT2D eigenvalue weighted by molar-refractivity contribution is 9.09. The summed E-state index contributed by atoms with van der Waals surface area (Å²) in [6.45, 7) is 1.39. The SMILES string of the molecule is C[C@H]1OC(Br)[C@H](O)[C@@H](O[C@@H]2OC[C@@H](O)[C@H](O)[C@H]2O)[C@H]1O. The van der Waals surface area contributed by atoms with E-state index in [1.54, 1.807) is 6.92 Å². The van der Waals surface area contributed by atoms with E-state index in [1.807, 2.05) is 0 Å². The van der Waals surface area contributed by atoms with Crippen LogP contribution in [0.5, 0.6) is 0 Å². The summed E-state index contributed by atoms with van der Waals surface area (Å²) in [6.07, 6.45) is -9.33. The quantitative estimate of drug-likeness (QED) is 0.348. The summed E-state index contributed by atoms with van der Waals surface area (Å²) >= 11 is 3.11. The molecule has 2 rings (SSSR count). The van der Waals surface area contributed by atoms with Crippen LogP contribution >= 0.6 is 15.9 Å². The van der Waals surface area contributed by atoms with Crippen LogP contribution in [-0.4, -0.2) is 86.2 Å². The number of rotatable bonds is 2. The second-order valence-electron chi connectivity index (χ2n) is 5.02. The molecular formula is C11H19BrO8. The molecule has 0 radical (unpaired) electrons. The molecule has 2 saturated heterocycles. The Bertz CT molecular complexity index is 318. The average Bonchev–Trinajstić information content (AvgIpc) is 2.41. The molecule has 0 bridgehead atoms. The van der Waals surface area contributed by atoms with E-state index in [4.69, 9.17) is 14.2 Å².